The first kappa shape index (κ1) is 23.9. The van der Waals surface area contributed by atoms with Crippen LogP contribution in [-0.2, 0) is 6.18 Å². The number of hydrogen-bond donors (Lipinski definition) is 1. The van der Waals surface area contributed by atoms with E-state index in [2.05, 4.69) is 5.32 Å². The van der Waals surface area contributed by atoms with Crippen molar-refractivity contribution in [2.24, 2.45) is 0 Å². The molecule has 1 atom stereocenters. The maximum absolute atomic E-state index is 13.8. The molecule has 0 aliphatic carbocycles. The molecule has 1 heterocycles. The summed E-state index contributed by atoms with van der Waals surface area (Å²) in [4.78, 5) is 15.2. The van der Waals surface area contributed by atoms with E-state index in [1.165, 1.54) is 30.3 Å². The van der Waals surface area contributed by atoms with Crippen molar-refractivity contribution < 1.29 is 22.4 Å². The van der Waals surface area contributed by atoms with Gasteiger partial charge in [0.2, 0.25) is 0 Å². The zero-order chi connectivity index (χ0) is 24.6. The van der Waals surface area contributed by atoms with Crippen LogP contribution in [0.1, 0.15) is 34.5 Å². The molecule has 3 nitrogen and oxygen atoms in total. The second kappa shape index (κ2) is 9.19. The van der Waals surface area contributed by atoms with Crippen molar-refractivity contribution >= 4 is 40.4 Å². The molecule has 4 rings (SSSR count). The van der Waals surface area contributed by atoms with Gasteiger partial charge >= 0.3 is 6.18 Å². The average Bonchev–Trinajstić information content (AvgIpc) is 2.79. The summed E-state index contributed by atoms with van der Waals surface area (Å²) in [7, 11) is 0. The fourth-order valence-electron chi connectivity index (χ4n) is 3.94. The molecule has 1 aliphatic rings. The van der Waals surface area contributed by atoms with Crippen LogP contribution in [0.2, 0.25) is 5.02 Å². The number of benzene rings is 3. The quantitative estimate of drug-likeness (QED) is 0.233. The normalized spacial score (nSPS) is 16.5. The van der Waals surface area contributed by atoms with Crippen molar-refractivity contribution in [3.05, 3.63) is 112 Å². The fraction of sp³-hybridized carbons (Fsp3) is 0.120. The Balaban J connectivity index is 1.93. The minimum atomic E-state index is -4.65. The Hall–Kier alpha value is -3.23. The van der Waals surface area contributed by atoms with Crippen molar-refractivity contribution in [1.29, 1.82) is 0 Å². The molecule has 0 radical (unpaired) electrons. The van der Waals surface area contributed by atoms with E-state index < -0.39 is 29.4 Å². The lowest BCUT2D eigenvalue weighted by Gasteiger charge is -2.38. The van der Waals surface area contributed by atoms with Crippen LogP contribution < -0.4 is 10.2 Å². The number of nitrogens with one attached hydrogen (secondary N) is 1. The van der Waals surface area contributed by atoms with Gasteiger partial charge in [0.05, 0.1) is 11.6 Å². The number of carbonyl (C=O) groups excluding carboxylic acids is 1. The zero-order valence-corrected chi connectivity index (χ0v) is 19.2. The topological polar surface area (TPSA) is 32.3 Å². The van der Waals surface area contributed by atoms with Crippen LogP contribution in [0.25, 0.3) is 0 Å². The van der Waals surface area contributed by atoms with Gasteiger partial charge in [0, 0.05) is 27.5 Å². The molecule has 0 amide bonds. The van der Waals surface area contributed by atoms with E-state index in [9.17, 15) is 22.4 Å². The standard InChI is InChI=1S/C25H17ClF4N2OS/c1-14-21(23(33)15-6-10-17(27)11-7-15)22(19-4-2-3-5-20(19)25(28,29)30)31-24(34)32(14)18-12-8-16(26)9-13-18/h2-13,22H,1H3,(H,31,34)/t22-/m0/s1. The smallest absolute Gasteiger partial charge is 0.351 e. The van der Waals surface area contributed by atoms with Crippen molar-refractivity contribution in [3.63, 3.8) is 0 Å². The molecular formula is C25H17ClF4N2OS. The Kier molecular flexibility index (Phi) is 6.47. The van der Waals surface area contributed by atoms with Gasteiger partial charge in [-0.15, -0.1) is 0 Å². The molecule has 0 saturated heterocycles. The molecule has 1 aliphatic heterocycles. The summed E-state index contributed by atoms with van der Waals surface area (Å²) >= 11 is 11.5. The first-order valence-corrected chi connectivity index (χ1v) is 10.9. The van der Waals surface area contributed by atoms with Crippen LogP contribution in [0.4, 0.5) is 23.2 Å². The monoisotopic (exact) mass is 504 g/mol. The SMILES string of the molecule is CC1=C(C(=O)c2ccc(F)cc2)[C@H](c2ccccc2C(F)(F)F)NC(=S)N1c1ccc(Cl)cc1. The number of nitrogens with zero attached hydrogens (tertiary/aromatic N) is 1. The summed E-state index contributed by atoms with van der Waals surface area (Å²) in [6.45, 7) is 1.61. The highest BCUT2D eigenvalue weighted by molar-refractivity contribution is 7.80. The number of carbonyl (C=O) groups is 1. The van der Waals surface area contributed by atoms with Crippen molar-refractivity contribution in [2.45, 2.75) is 19.1 Å². The summed E-state index contributed by atoms with van der Waals surface area (Å²) in [6.07, 6.45) is -4.65. The molecule has 0 spiro atoms. The van der Waals surface area contributed by atoms with Gasteiger partial charge in [-0.05, 0) is 79.3 Å². The molecule has 174 valence electrons. The van der Waals surface area contributed by atoms with Crippen molar-refractivity contribution in [2.75, 3.05) is 4.90 Å². The highest BCUT2D eigenvalue weighted by Crippen LogP contribution is 2.41. The number of Topliss-reactive ketones (excluding diaryl/α,β-unsaturated/α-hetero) is 1. The molecule has 0 unspecified atom stereocenters. The largest absolute Gasteiger partial charge is 0.416 e. The summed E-state index contributed by atoms with van der Waals surface area (Å²) < 4.78 is 55.0. The molecular weight excluding hydrogens is 488 g/mol. The Labute approximate surface area is 203 Å². The highest BCUT2D eigenvalue weighted by atomic mass is 35.5. The molecule has 1 N–H and O–H groups in total. The molecule has 0 fully saturated rings. The van der Waals surface area contributed by atoms with Crippen LogP contribution in [0.5, 0.6) is 0 Å². The first-order chi connectivity index (χ1) is 16.1. The number of anilines is 1. The van der Waals surface area contributed by atoms with E-state index in [1.807, 2.05) is 0 Å². The maximum Gasteiger partial charge on any atom is 0.416 e. The van der Waals surface area contributed by atoms with Gasteiger partial charge in [-0.3, -0.25) is 9.69 Å². The van der Waals surface area contributed by atoms with Gasteiger partial charge in [-0.2, -0.15) is 13.2 Å². The number of alkyl halides is 3. The number of thiocarbonyl (C=S) groups is 1. The molecule has 0 aromatic heterocycles. The van der Waals surface area contributed by atoms with E-state index in [-0.39, 0.29) is 21.8 Å². The van der Waals surface area contributed by atoms with E-state index >= 15 is 0 Å². The highest BCUT2D eigenvalue weighted by Gasteiger charge is 2.40. The Bertz CT molecular complexity index is 1290. The van der Waals surface area contributed by atoms with Crippen molar-refractivity contribution in [3.8, 4) is 0 Å². The number of rotatable bonds is 4. The van der Waals surface area contributed by atoms with Crippen molar-refractivity contribution in [1.82, 2.24) is 5.32 Å². The summed E-state index contributed by atoms with van der Waals surface area (Å²) in [5.74, 6) is -1.08. The second-order valence-electron chi connectivity index (χ2n) is 7.61. The van der Waals surface area contributed by atoms with Crippen LogP contribution in [-0.4, -0.2) is 10.9 Å². The van der Waals surface area contributed by atoms with Gasteiger partial charge in [0.15, 0.2) is 10.9 Å². The third kappa shape index (κ3) is 4.56. The van der Waals surface area contributed by atoms with Crippen LogP contribution in [0.3, 0.4) is 0 Å². The van der Waals surface area contributed by atoms with Gasteiger partial charge in [-0.1, -0.05) is 29.8 Å². The minimum Gasteiger partial charge on any atom is -0.351 e. The molecule has 3 aromatic carbocycles. The maximum atomic E-state index is 13.8. The Morgan fingerprint density at radius 3 is 2.24 bits per heavy atom. The number of hydrogen-bond acceptors (Lipinski definition) is 2. The van der Waals surface area contributed by atoms with E-state index in [0.717, 1.165) is 18.2 Å². The average molecular weight is 505 g/mol. The molecule has 34 heavy (non-hydrogen) atoms. The lowest BCUT2D eigenvalue weighted by atomic mass is 9.87. The predicted octanol–water partition coefficient (Wildman–Crippen LogP) is 7.09. The third-order valence-electron chi connectivity index (χ3n) is 5.50. The molecule has 0 saturated carbocycles. The van der Waals surface area contributed by atoms with Crippen LogP contribution >= 0.6 is 23.8 Å². The van der Waals surface area contributed by atoms with Gasteiger partial charge in [-0.25, -0.2) is 4.39 Å². The summed E-state index contributed by atoms with van der Waals surface area (Å²) in [5, 5.41) is 3.53. The van der Waals surface area contributed by atoms with Crippen LogP contribution in [0.15, 0.2) is 84.1 Å². The lowest BCUT2D eigenvalue weighted by molar-refractivity contribution is -0.138. The minimum absolute atomic E-state index is 0.0619. The van der Waals surface area contributed by atoms with E-state index in [1.54, 1.807) is 36.1 Å². The Morgan fingerprint density at radius 2 is 1.62 bits per heavy atom. The van der Waals surface area contributed by atoms with Gasteiger partial charge in [0.1, 0.15) is 5.82 Å². The van der Waals surface area contributed by atoms with Gasteiger partial charge in [0.25, 0.3) is 0 Å². The summed E-state index contributed by atoms with van der Waals surface area (Å²) in [5.41, 5.74) is 0.0990. The third-order valence-corrected chi connectivity index (χ3v) is 6.05. The second-order valence-corrected chi connectivity index (χ2v) is 8.44. The molecule has 3 aromatic rings. The zero-order valence-electron chi connectivity index (χ0n) is 17.7. The predicted molar refractivity (Wildman–Crippen MR) is 127 cm³/mol. The number of ketones is 1. The van der Waals surface area contributed by atoms with Gasteiger partial charge < -0.3 is 5.32 Å². The fourth-order valence-corrected chi connectivity index (χ4v) is 4.42. The molecule has 9 heteroatoms. The first-order valence-electron chi connectivity index (χ1n) is 10.1. The number of halogens is 5. The molecule has 0 bridgehead atoms. The summed E-state index contributed by atoms with van der Waals surface area (Å²) in [6, 6.07) is 15.3. The van der Waals surface area contributed by atoms with Crippen LogP contribution in [0, 0.1) is 5.82 Å². The van der Waals surface area contributed by atoms with E-state index in [0.29, 0.717) is 16.4 Å². The number of allylic oxidation sites excluding steroid dienone is 1. The lowest BCUT2D eigenvalue weighted by Crippen LogP contribution is -2.48. The van der Waals surface area contributed by atoms with E-state index in [4.69, 9.17) is 23.8 Å². The Morgan fingerprint density at radius 1 is 1.00 bits per heavy atom.